The number of benzene rings is 2. The predicted octanol–water partition coefficient (Wildman–Crippen LogP) is 3.31. The fourth-order valence-corrected chi connectivity index (χ4v) is 3.25. The molecule has 0 saturated carbocycles. The van der Waals surface area contributed by atoms with Gasteiger partial charge in [-0.25, -0.2) is 4.98 Å². The summed E-state index contributed by atoms with van der Waals surface area (Å²) in [7, 11) is 0. The molecule has 2 heterocycles. The number of nitrogens with one attached hydrogen (secondary N) is 2. The molecule has 6 nitrogen and oxygen atoms in total. The maximum absolute atomic E-state index is 13.2. The highest BCUT2D eigenvalue weighted by atomic mass is 19.4. The third-order valence-electron chi connectivity index (χ3n) is 4.71. The first-order chi connectivity index (χ1) is 13.9. The number of para-hydroxylation sites is 2. The molecular weight excluding hydrogens is 383 g/mol. The van der Waals surface area contributed by atoms with E-state index >= 15 is 0 Å². The van der Waals surface area contributed by atoms with Crippen LogP contribution >= 0.6 is 0 Å². The summed E-state index contributed by atoms with van der Waals surface area (Å²) in [5.41, 5.74) is 1.02. The van der Waals surface area contributed by atoms with Crippen LogP contribution in [0.4, 0.5) is 24.5 Å². The fraction of sp³-hybridized carbons (Fsp3) is 0.250. The first-order valence-electron chi connectivity index (χ1n) is 9.12. The Bertz CT molecular complexity index is 1050. The second-order valence-electron chi connectivity index (χ2n) is 6.66. The van der Waals surface area contributed by atoms with Gasteiger partial charge in [0, 0.05) is 26.2 Å². The number of alkyl halides is 3. The normalized spacial score (nSPS) is 14.8. The van der Waals surface area contributed by atoms with Gasteiger partial charge in [0.15, 0.2) is 0 Å². The van der Waals surface area contributed by atoms with E-state index in [4.69, 9.17) is 0 Å². The second-order valence-corrected chi connectivity index (χ2v) is 6.66. The zero-order chi connectivity index (χ0) is 20.4. The summed E-state index contributed by atoms with van der Waals surface area (Å²) >= 11 is 0. The quantitative estimate of drug-likeness (QED) is 0.705. The van der Waals surface area contributed by atoms with Crippen molar-refractivity contribution in [3.63, 3.8) is 0 Å². The van der Waals surface area contributed by atoms with Crippen LogP contribution in [0.3, 0.4) is 0 Å². The molecule has 9 heteroatoms. The molecule has 1 aliphatic rings. The van der Waals surface area contributed by atoms with E-state index in [1.807, 2.05) is 4.90 Å². The molecule has 2 N–H and O–H groups in total. The van der Waals surface area contributed by atoms with Crippen molar-refractivity contribution in [3.8, 4) is 0 Å². The number of halogens is 3. The molecule has 1 aliphatic heterocycles. The predicted molar refractivity (Wildman–Crippen MR) is 104 cm³/mol. The summed E-state index contributed by atoms with van der Waals surface area (Å²) < 4.78 is 39.7. The highest BCUT2D eigenvalue weighted by Gasteiger charge is 2.32. The molecular formula is C20H18F3N5O. The van der Waals surface area contributed by atoms with Gasteiger partial charge in [0.25, 0.3) is 5.91 Å². The van der Waals surface area contributed by atoms with Gasteiger partial charge in [0.05, 0.1) is 34.2 Å². The lowest BCUT2D eigenvalue weighted by molar-refractivity contribution is -0.137. The van der Waals surface area contributed by atoms with Crippen molar-refractivity contribution < 1.29 is 18.0 Å². The minimum Gasteiger partial charge on any atom is -0.367 e. The molecule has 2 aromatic carbocycles. The summed E-state index contributed by atoms with van der Waals surface area (Å²) in [6.07, 6.45) is -3.19. The van der Waals surface area contributed by atoms with Crippen LogP contribution in [0.1, 0.15) is 16.1 Å². The molecule has 150 valence electrons. The summed E-state index contributed by atoms with van der Waals surface area (Å²) in [5, 5.41) is 5.79. The Morgan fingerprint density at radius 1 is 1.07 bits per heavy atom. The van der Waals surface area contributed by atoms with E-state index in [0.29, 0.717) is 42.9 Å². The summed E-state index contributed by atoms with van der Waals surface area (Å²) in [4.78, 5) is 23.1. The average Bonchev–Trinajstić information content (AvgIpc) is 2.73. The van der Waals surface area contributed by atoms with Crippen molar-refractivity contribution in [2.24, 2.45) is 0 Å². The average molecular weight is 401 g/mol. The minimum atomic E-state index is -4.51. The largest absolute Gasteiger partial charge is 0.416 e. The number of aromatic nitrogens is 2. The van der Waals surface area contributed by atoms with E-state index in [2.05, 4.69) is 20.6 Å². The van der Waals surface area contributed by atoms with Crippen molar-refractivity contribution in [2.75, 3.05) is 36.4 Å². The highest BCUT2D eigenvalue weighted by Crippen LogP contribution is 2.35. The van der Waals surface area contributed by atoms with Gasteiger partial charge in [-0.2, -0.15) is 13.2 Å². The second kappa shape index (κ2) is 7.67. The van der Waals surface area contributed by atoms with Gasteiger partial charge in [-0.1, -0.05) is 12.1 Å². The lowest BCUT2D eigenvalue weighted by atomic mass is 10.1. The number of hydrogen-bond donors (Lipinski definition) is 2. The van der Waals surface area contributed by atoms with Crippen molar-refractivity contribution in [2.45, 2.75) is 6.18 Å². The molecule has 0 radical (unpaired) electrons. The number of nitrogens with zero attached hydrogens (tertiary/aromatic N) is 3. The standard InChI is InChI=1S/C20H18F3N5O/c21-20(22,23)13-5-6-18(28-9-7-24-8-10-28)16(11-13)27-19(29)17-12-25-14-3-1-2-4-15(14)26-17/h1-6,11-12,24H,7-10H2,(H,27,29). The molecule has 1 aromatic heterocycles. The van der Waals surface area contributed by atoms with E-state index in [1.165, 1.54) is 12.3 Å². The van der Waals surface area contributed by atoms with Gasteiger partial charge in [-0.05, 0) is 30.3 Å². The van der Waals surface area contributed by atoms with E-state index in [1.54, 1.807) is 24.3 Å². The van der Waals surface area contributed by atoms with Crippen LogP contribution < -0.4 is 15.5 Å². The first-order valence-corrected chi connectivity index (χ1v) is 9.12. The highest BCUT2D eigenvalue weighted by molar-refractivity contribution is 6.05. The van der Waals surface area contributed by atoms with Crippen LogP contribution in [0.2, 0.25) is 0 Å². The smallest absolute Gasteiger partial charge is 0.367 e. The summed E-state index contributed by atoms with van der Waals surface area (Å²) in [5.74, 6) is -0.612. The van der Waals surface area contributed by atoms with Crippen molar-refractivity contribution in [1.82, 2.24) is 15.3 Å². The van der Waals surface area contributed by atoms with E-state index in [9.17, 15) is 18.0 Å². The number of rotatable bonds is 3. The van der Waals surface area contributed by atoms with Crippen LogP contribution in [0.25, 0.3) is 11.0 Å². The van der Waals surface area contributed by atoms with Gasteiger partial charge in [-0.15, -0.1) is 0 Å². The fourth-order valence-electron chi connectivity index (χ4n) is 3.25. The first kappa shape index (κ1) is 19.1. The van der Waals surface area contributed by atoms with Crippen LogP contribution in [0, 0.1) is 0 Å². The van der Waals surface area contributed by atoms with Gasteiger partial charge in [-0.3, -0.25) is 9.78 Å². The Kier molecular flexibility index (Phi) is 5.06. The van der Waals surface area contributed by atoms with Gasteiger partial charge in [0.1, 0.15) is 5.69 Å². The third kappa shape index (κ3) is 4.14. The number of hydrogen-bond acceptors (Lipinski definition) is 5. The number of carbonyl (C=O) groups excluding carboxylic acids is 1. The Labute approximate surface area is 164 Å². The van der Waals surface area contributed by atoms with Gasteiger partial charge in [0.2, 0.25) is 0 Å². The number of carbonyl (C=O) groups is 1. The van der Waals surface area contributed by atoms with Crippen LogP contribution in [0.15, 0.2) is 48.7 Å². The molecule has 1 amide bonds. The maximum Gasteiger partial charge on any atom is 0.416 e. The monoisotopic (exact) mass is 401 g/mol. The lowest BCUT2D eigenvalue weighted by Gasteiger charge is -2.31. The van der Waals surface area contributed by atoms with Crippen molar-refractivity contribution in [1.29, 1.82) is 0 Å². The van der Waals surface area contributed by atoms with Crippen LogP contribution in [0.5, 0.6) is 0 Å². The summed E-state index contributed by atoms with van der Waals surface area (Å²) in [6, 6.07) is 10.4. The summed E-state index contributed by atoms with van der Waals surface area (Å²) in [6.45, 7) is 2.68. The number of fused-ring (bicyclic) bond motifs is 1. The van der Waals surface area contributed by atoms with E-state index in [0.717, 1.165) is 12.1 Å². The third-order valence-corrected chi connectivity index (χ3v) is 4.71. The molecule has 0 aliphatic carbocycles. The molecule has 0 bridgehead atoms. The van der Waals surface area contributed by atoms with Crippen LogP contribution in [-0.4, -0.2) is 42.1 Å². The number of piperazine rings is 1. The lowest BCUT2D eigenvalue weighted by Crippen LogP contribution is -2.43. The molecule has 0 spiro atoms. The zero-order valence-electron chi connectivity index (χ0n) is 15.3. The molecule has 1 saturated heterocycles. The molecule has 3 aromatic rings. The zero-order valence-corrected chi connectivity index (χ0v) is 15.3. The number of amides is 1. The van der Waals surface area contributed by atoms with Gasteiger partial charge < -0.3 is 15.5 Å². The maximum atomic E-state index is 13.2. The van der Waals surface area contributed by atoms with Gasteiger partial charge >= 0.3 is 6.18 Å². The van der Waals surface area contributed by atoms with Crippen LogP contribution in [-0.2, 0) is 6.18 Å². The Hall–Kier alpha value is -3.20. The SMILES string of the molecule is O=C(Nc1cc(C(F)(F)F)ccc1N1CCNCC1)c1cnc2ccccc2n1. The van der Waals surface area contributed by atoms with E-state index < -0.39 is 17.6 Å². The topological polar surface area (TPSA) is 70.2 Å². The molecule has 1 fully saturated rings. The van der Waals surface area contributed by atoms with Crippen molar-refractivity contribution >= 4 is 28.3 Å². The molecule has 29 heavy (non-hydrogen) atoms. The number of anilines is 2. The van der Waals surface area contributed by atoms with Crippen molar-refractivity contribution in [3.05, 3.63) is 59.9 Å². The Morgan fingerprint density at radius 3 is 2.52 bits per heavy atom. The van der Waals surface area contributed by atoms with E-state index in [-0.39, 0.29) is 11.4 Å². The molecule has 0 atom stereocenters. The Balaban J connectivity index is 1.68. The Morgan fingerprint density at radius 2 is 1.79 bits per heavy atom. The molecule has 4 rings (SSSR count). The molecule has 0 unspecified atom stereocenters. The minimum absolute atomic E-state index is 0.0346.